The zero-order valence-corrected chi connectivity index (χ0v) is 8.90. The highest BCUT2D eigenvalue weighted by Gasteiger charge is 2.33. The molecule has 3 nitrogen and oxygen atoms in total. The van der Waals surface area contributed by atoms with Gasteiger partial charge in [-0.2, -0.15) is 0 Å². The molecule has 0 spiro atoms. The lowest BCUT2D eigenvalue weighted by Gasteiger charge is -2.16. The zero-order chi connectivity index (χ0) is 10.9. The summed E-state index contributed by atoms with van der Waals surface area (Å²) in [5, 5.41) is 0. The number of carbonyl (C=O) groups is 1. The average molecular weight is 206 g/mol. The number of rotatable bonds is 2. The van der Waals surface area contributed by atoms with Crippen LogP contribution in [0.5, 0.6) is 0 Å². The number of carbonyl (C=O) groups excluding carboxylic acids is 1. The summed E-state index contributed by atoms with van der Waals surface area (Å²) in [6, 6.07) is 7.28. The van der Waals surface area contributed by atoms with Gasteiger partial charge in [0.1, 0.15) is 6.29 Å². The first kappa shape index (κ1) is 10.3. The molecule has 0 amide bonds. The molecule has 0 radical (unpaired) electrons. The molecule has 0 N–H and O–H groups in total. The molecule has 3 heteroatoms. The Morgan fingerprint density at radius 2 is 2.27 bits per heavy atom. The third-order valence-electron chi connectivity index (χ3n) is 2.33. The molecule has 0 aliphatic carbocycles. The summed E-state index contributed by atoms with van der Waals surface area (Å²) >= 11 is 0. The lowest BCUT2D eigenvalue weighted by Crippen LogP contribution is -2.21. The highest BCUT2D eigenvalue weighted by Crippen LogP contribution is 2.32. The summed E-state index contributed by atoms with van der Waals surface area (Å²) in [7, 11) is 0. The van der Waals surface area contributed by atoms with Crippen molar-refractivity contribution in [1.82, 2.24) is 0 Å². The quantitative estimate of drug-likeness (QED) is 0.696. The Hall–Kier alpha value is -1.19. The first-order valence-electron chi connectivity index (χ1n) is 4.95. The van der Waals surface area contributed by atoms with Crippen LogP contribution in [0.3, 0.4) is 0 Å². The molecule has 0 bridgehead atoms. The van der Waals surface area contributed by atoms with E-state index < -0.39 is 0 Å². The van der Waals surface area contributed by atoms with E-state index in [1.54, 1.807) is 12.1 Å². The van der Waals surface area contributed by atoms with E-state index in [0.29, 0.717) is 12.2 Å². The summed E-state index contributed by atoms with van der Waals surface area (Å²) in [6.45, 7) is 4.54. The van der Waals surface area contributed by atoms with Crippen LogP contribution >= 0.6 is 0 Å². The maximum absolute atomic E-state index is 10.6. The van der Waals surface area contributed by atoms with E-state index in [0.717, 1.165) is 11.8 Å². The van der Waals surface area contributed by atoms with Crippen LogP contribution in [0.1, 0.15) is 36.1 Å². The molecule has 1 aliphatic heterocycles. The smallest absolute Gasteiger partial charge is 0.184 e. The minimum Gasteiger partial charge on any atom is -0.345 e. The van der Waals surface area contributed by atoms with Gasteiger partial charge in [0.2, 0.25) is 0 Å². The monoisotopic (exact) mass is 206 g/mol. The standard InChI is InChI=1S/C12H14O3/c1-12(2)8-14-11(15-12)10-5-3-4-9(6-10)7-13/h3-7,11H,8H2,1-2H3. The van der Waals surface area contributed by atoms with E-state index in [2.05, 4.69) is 0 Å². The van der Waals surface area contributed by atoms with Crippen LogP contribution in [0.15, 0.2) is 24.3 Å². The molecule has 2 rings (SSSR count). The SMILES string of the molecule is CC1(C)COC(c2cccc(C=O)c2)O1. The number of benzene rings is 1. The Bertz CT molecular complexity index is 371. The maximum atomic E-state index is 10.6. The van der Waals surface area contributed by atoms with Crippen LogP contribution in [0, 0.1) is 0 Å². The van der Waals surface area contributed by atoms with E-state index >= 15 is 0 Å². The molecule has 1 fully saturated rings. The molecular weight excluding hydrogens is 192 g/mol. The van der Waals surface area contributed by atoms with Crippen molar-refractivity contribution < 1.29 is 14.3 Å². The second-order valence-corrected chi connectivity index (χ2v) is 4.31. The van der Waals surface area contributed by atoms with E-state index in [1.165, 1.54) is 0 Å². The van der Waals surface area contributed by atoms with Gasteiger partial charge in [0.15, 0.2) is 6.29 Å². The summed E-state index contributed by atoms with van der Waals surface area (Å²) < 4.78 is 11.2. The highest BCUT2D eigenvalue weighted by atomic mass is 16.7. The highest BCUT2D eigenvalue weighted by molar-refractivity contribution is 5.74. The van der Waals surface area contributed by atoms with Gasteiger partial charge < -0.3 is 9.47 Å². The Labute approximate surface area is 89.0 Å². The van der Waals surface area contributed by atoms with Gasteiger partial charge in [-0.05, 0) is 19.9 Å². The van der Waals surface area contributed by atoms with Crippen LogP contribution in [-0.2, 0) is 9.47 Å². The Balaban J connectivity index is 2.20. The molecule has 1 aliphatic rings. The van der Waals surface area contributed by atoms with Gasteiger partial charge in [0, 0.05) is 11.1 Å². The Kier molecular flexibility index (Phi) is 2.59. The first-order chi connectivity index (χ1) is 7.11. The lowest BCUT2D eigenvalue weighted by molar-refractivity contribution is -0.0811. The largest absolute Gasteiger partial charge is 0.345 e. The molecule has 1 heterocycles. The molecular formula is C12H14O3. The fraction of sp³-hybridized carbons (Fsp3) is 0.417. The van der Waals surface area contributed by atoms with Crippen molar-refractivity contribution in [3.05, 3.63) is 35.4 Å². The number of ether oxygens (including phenoxy) is 2. The van der Waals surface area contributed by atoms with Gasteiger partial charge >= 0.3 is 0 Å². The molecule has 1 aromatic carbocycles. The Morgan fingerprint density at radius 3 is 2.87 bits per heavy atom. The summed E-state index contributed by atoms with van der Waals surface area (Å²) in [4.78, 5) is 10.6. The van der Waals surface area contributed by atoms with Gasteiger partial charge in [-0.3, -0.25) is 4.79 Å². The first-order valence-corrected chi connectivity index (χ1v) is 4.95. The normalized spacial score (nSPS) is 24.0. The van der Waals surface area contributed by atoms with Crippen molar-refractivity contribution in [1.29, 1.82) is 0 Å². The van der Waals surface area contributed by atoms with Crippen molar-refractivity contribution in [2.75, 3.05) is 6.61 Å². The fourth-order valence-electron chi connectivity index (χ4n) is 1.58. The van der Waals surface area contributed by atoms with E-state index in [9.17, 15) is 4.79 Å². The summed E-state index contributed by atoms with van der Waals surface area (Å²) in [5.74, 6) is 0. The second-order valence-electron chi connectivity index (χ2n) is 4.31. The van der Waals surface area contributed by atoms with Gasteiger partial charge in [-0.15, -0.1) is 0 Å². The predicted molar refractivity (Wildman–Crippen MR) is 55.7 cm³/mol. The zero-order valence-electron chi connectivity index (χ0n) is 8.90. The third-order valence-corrected chi connectivity index (χ3v) is 2.33. The van der Waals surface area contributed by atoms with E-state index in [1.807, 2.05) is 26.0 Å². The molecule has 15 heavy (non-hydrogen) atoms. The summed E-state index contributed by atoms with van der Waals surface area (Å²) in [5.41, 5.74) is 1.29. The fourth-order valence-corrected chi connectivity index (χ4v) is 1.58. The number of hydrogen-bond donors (Lipinski definition) is 0. The molecule has 1 saturated heterocycles. The molecule has 1 atom stereocenters. The van der Waals surface area contributed by atoms with Crippen molar-refractivity contribution in [3.8, 4) is 0 Å². The van der Waals surface area contributed by atoms with Crippen molar-refractivity contribution in [2.45, 2.75) is 25.7 Å². The van der Waals surface area contributed by atoms with Crippen LogP contribution in [-0.4, -0.2) is 18.5 Å². The van der Waals surface area contributed by atoms with Gasteiger partial charge in [-0.25, -0.2) is 0 Å². The molecule has 80 valence electrons. The van der Waals surface area contributed by atoms with Crippen molar-refractivity contribution >= 4 is 6.29 Å². The average Bonchev–Trinajstić information content (AvgIpc) is 2.59. The van der Waals surface area contributed by atoms with Gasteiger partial charge in [-0.1, -0.05) is 18.2 Å². The topological polar surface area (TPSA) is 35.5 Å². The lowest BCUT2D eigenvalue weighted by atomic mass is 10.1. The Morgan fingerprint density at radius 1 is 1.47 bits per heavy atom. The minimum absolute atomic E-state index is 0.248. The molecule has 0 saturated carbocycles. The second kappa shape index (κ2) is 3.76. The van der Waals surface area contributed by atoms with Crippen molar-refractivity contribution in [3.63, 3.8) is 0 Å². The van der Waals surface area contributed by atoms with Crippen LogP contribution in [0.25, 0.3) is 0 Å². The molecule has 0 aromatic heterocycles. The van der Waals surface area contributed by atoms with Crippen LogP contribution in [0.2, 0.25) is 0 Å². The third kappa shape index (κ3) is 2.25. The van der Waals surface area contributed by atoms with Crippen LogP contribution < -0.4 is 0 Å². The minimum atomic E-state index is -0.347. The molecule has 1 aromatic rings. The maximum Gasteiger partial charge on any atom is 0.184 e. The molecule has 1 unspecified atom stereocenters. The number of aldehydes is 1. The van der Waals surface area contributed by atoms with Gasteiger partial charge in [0.05, 0.1) is 12.2 Å². The summed E-state index contributed by atoms with van der Waals surface area (Å²) in [6.07, 6.45) is 0.476. The van der Waals surface area contributed by atoms with E-state index in [4.69, 9.17) is 9.47 Å². The number of hydrogen-bond acceptors (Lipinski definition) is 3. The van der Waals surface area contributed by atoms with E-state index in [-0.39, 0.29) is 11.9 Å². The predicted octanol–water partition coefficient (Wildman–Crippen LogP) is 2.32. The van der Waals surface area contributed by atoms with Crippen molar-refractivity contribution in [2.24, 2.45) is 0 Å². The van der Waals surface area contributed by atoms with Crippen LogP contribution in [0.4, 0.5) is 0 Å². The van der Waals surface area contributed by atoms with Gasteiger partial charge in [0.25, 0.3) is 0 Å².